The van der Waals surface area contributed by atoms with E-state index in [1.165, 1.54) is 0 Å². The highest BCUT2D eigenvalue weighted by Gasteiger charge is 2.17. The zero-order chi connectivity index (χ0) is 14.0. The Morgan fingerprint density at radius 1 is 1.39 bits per heavy atom. The molecule has 18 heavy (non-hydrogen) atoms. The number of ether oxygens (including phenoxy) is 1. The van der Waals surface area contributed by atoms with E-state index in [2.05, 4.69) is 0 Å². The van der Waals surface area contributed by atoms with Gasteiger partial charge in [0.25, 0.3) is 0 Å². The predicted molar refractivity (Wildman–Crippen MR) is 63.6 cm³/mol. The Morgan fingerprint density at radius 2 is 2.06 bits per heavy atom. The van der Waals surface area contributed by atoms with Crippen LogP contribution >= 0.6 is 0 Å². The van der Waals surface area contributed by atoms with Crippen LogP contribution in [0.1, 0.15) is 39.0 Å². The van der Waals surface area contributed by atoms with Gasteiger partial charge in [0, 0.05) is 17.8 Å². The molecule has 0 aliphatic carbocycles. The number of aliphatic hydroxyl groups excluding tert-OH is 2. The fourth-order valence-electron chi connectivity index (χ4n) is 1.35. The van der Waals surface area contributed by atoms with Crippen molar-refractivity contribution >= 4 is 5.97 Å². The molecule has 2 unspecified atom stereocenters. The summed E-state index contributed by atoms with van der Waals surface area (Å²) in [7, 11) is 0. The first-order valence-corrected chi connectivity index (χ1v) is 6.09. The summed E-state index contributed by atoms with van der Waals surface area (Å²) in [4.78, 5) is 20.7. The molecular weight excluding hydrogens is 242 g/mol. The molecule has 0 saturated carbocycles. The van der Waals surface area contributed by atoms with Gasteiger partial charge in [-0.1, -0.05) is 13.3 Å². The number of hydrogen-bond donors (Lipinski definition) is 2. The van der Waals surface area contributed by atoms with Crippen molar-refractivity contribution in [1.29, 1.82) is 0 Å². The van der Waals surface area contributed by atoms with Crippen molar-refractivity contribution in [2.24, 2.45) is 0 Å². The number of carbonyl (C=O) groups is 1. The Labute approximate surface area is 106 Å². The van der Waals surface area contributed by atoms with Crippen LogP contribution in [0, 0.1) is 10.1 Å². The second kappa shape index (κ2) is 9.78. The fraction of sp³-hybridized carbons (Fsp3) is 0.909. The van der Waals surface area contributed by atoms with E-state index in [-0.39, 0.29) is 25.8 Å². The van der Waals surface area contributed by atoms with Gasteiger partial charge in [0.15, 0.2) is 0 Å². The molecule has 0 aromatic rings. The third-order valence-corrected chi connectivity index (χ3v) is 2.35. The maximum Gasteiger partial charge on any atom is 0.308 e. The largest absolute Gasteiger partial charge is 0.466 e. The van der Waals surface area contributed by atoms with E-state index in [4.69, 9.17) is 4.74 Å². The Kier molecular flexibility index (Phi) is 9.13. The summed E-state index contributed by atoms with van der Waals surface area (Å²) in [5.41, 5.74) is 0. The Bertz CT molecular complexity index is 258. The van der Waals surface area contributed by atoms with Gasteiger partial charge in [-0.15, -0.1) is 0 Å². The highest BCUT2D eigenvalue weighted by Crippen LogP contribution is 2.07. The highest BCUT2D eigenvalue weighted by molar-refractivity contribution is 5.69. The quantitative estimate of drug-likeness (QED) is 0.257. The van der Waals surface area contributed by atoms with Crippen LogP contribution in [0.25, 0.3) is 0 Å². The number of aliphatic hydroxyl groups is 2. The maximum absolute atomic E-state index is 11.2. The van der Waals surface area contributed by atoms with Crippen molar-refractivity contribution in [3.8, 4) is 0 Å². The molecular formula is C11H21NO6. The molecule has 0 aliphatic heterocycles. The summed E-state index contributed by atoms with van der Waals surface area (Å²) in [6.45, 7) is 1.94. The van der Waals surface area contributed by atoms with Crippen molar-refractivity contribution in [2.75, 3.05) is 13.2 Å². The zero-order valence-corrected chi connectivity index (χ0v) is 10.6. The third kappa shape index (κ3) is 9.98. The first-order valence-electron chi connectivity index (χ1n) is 6.09. The summed E-state index contributed by atoms with van der Waals surface area (Å²) in [6, 6.07) is 0. The van der Waals surface area contributed by atoms with Gasteiger partial charge in [-0.2, -0.15) is 0 Å². The molecule has 0 bridgehead atoms. The van der Waals surface area contributed by atoms with Crippen LogP contribution in [-0.4, -0.2) is 46.5 Å². The molecule has 0 amide bonds. The normalized spacial score (nSPS) is 13.9. The summed E-state index contributed by atoms with van der Waals surface area (Å²) >= 11 is 0. The van der Waals surface area contributed by atoms with E-state index in [1.54, 1.807) is 0 Å². The summed E-state index contributed by atoms with van der Waals surface area (Å²) < 4.78 is 4.84. The first kappa shape index (κ1) is 16.8. The van der Waals surface area contributed by atoms with E-state index in [0.717, 1.165) is 12.8 Å². The standard InChI is InChI=1S/C11H21NO6/c1-2-3-6-18-11(15)8-10(14)7-9(13)4-5-12(16)17/h9-10,13-14H,2-8H2,1H3. The second-order valence-corrected chi connectivity index (χ2v) is 4.17. The lowest BCUT2D eigenvalue weighted by atomic mass is 10.1. The van der Waals surface area contributed by atoms with Crippen molar-refractivity contribution in [3.05, 3.63) is 10.1 Å². The molecule has 0 saturated heterocycles. The molecule has 7 nitrogen and oxygen atoms in total. The fourth-order valence-corrected chi connectivity index (χ4v) is 1.35. The van der Waals surface area contributed by atoms with E-state index < -0.39 is 23.1 Å². The summed E-state index contributed by atoms with van der Waals surface area (Å²) in [6.07, 6.45) is -0.608. The highest BCUT2D eigenvalue weighted by atomic mass is 16.6. The number of esters is 1. The van der Waals surface area contributed by atoms with Crippen LogP contribution < -0.4 is 0 Å². The topological polar surface area (TPSA) is 110 Å². The summed E-state index contributed by atoms with van der Waals surface area (Å²) in [5, 5.41) is 28.9. The second-order valence-electron chi connectivity index (χ2n) is 4.17. The number of nitrogens with zero attached hydrogens (tertiary/aromatic N) is 1. The van der Waals surface area contributed by atoms with Gasteiger partial charge in [0.05, 0.1) is 25.2 Å². The minimum Gasteiger partial charge on any atom is -0.466 e. The van der Waals surface area contributed by atoms with E-state index >= 15 is 0 Å². The molecule has 2 N–H and O–H groups in total. The minimum absolute atomic E-state index is 0.0328. The smallest absolute Gasteiger partial charge is 0.308 e. The van der Waals surface area contributed by atoms with Gasteiger partial charge in [-0.25, -0.2) is 0 Å². The molecule has 0 spiro atoms. The predicted octanol–water partition coefficient (Wildman–Crippen LogP) is 0.499. The molecule has 2 atom stereocenters. The number of hydrogen-bond acceptors (Lipinski definition) is 6. The molecule has 0 aromatic carbocycles. The number of carbonyl (C=O) groups excluding carboxylic acids is 1. The van der Waals surface area contributed by atoms with Crippen molar-refractivity contribution in [3.63, 3.8) is 0 Å². The van der Waals surface area contributed by atoms with Crippen LogP contribution in [0.3, 0.4) is 0 Å². The van der Waals surface area contributed by atoms with Gasteiger partial charge in [-0.3, -0.25) is 14.9 Å². The zero-order valence-electron chi connectivity index (χ0n) is 10.6. The monoisotopic (exact) mass is 263 g/mol. The van der Waals surface area contributed by atoms with Gasteiger partial charge < -0.3 is 14.9 Å². The van der Waals surface area contributed by atoms with Crippen LogP contribution in [0.4, 0.5) is 0 Å². The van der Waals surface area contributed by atoms with Gasteiger partial charge in [0.2, 0.25) is 6.54 Å². The Hall–Kier alpha value is -1.21. The Balaban J connectivity index is 3.71. The van der Waals surface area contributed by atoms with Crippen molar-refractivity contribution in [1.82, 2.24) is 0 Å². The average molecular weight is 263 g/mol. The Morgan fingerprint density at radius 3 is 2.61 bits per heavy atom. The van der Waals surface area contributed by atoms with Crippen molar-refractivity contribution in [2.45, 2.75) is 51.2 Å². The van der Waals surface area contributed by atoms with Crippen LogP contribution in [0.15, 0.2) is 0 Å². The lowest BCUT2D eigenvalue weighted by Crippen LogP contribution is -2.23. The lowest BCUT2D eigenvalue weighted by Gasteiger charge is -2.13. The van der Waals surface area contributed by atoms with Crippen LogP contribution in [-0.2, 0) is 9.53 Å². The first-order chi connectivity index (χ1) is 8.45. The molecule has 7 heteroatoms. The SMILES string of the molecule is CCCCOC(=O)CC(O)CC(O)CC[N+](=O)[O-]. The molecule has 0 aliphatic rings. The van der Waals surface area contributed by atoms with Crippen LogP contribution in [0.5, 0.6) is 0 Å². The molecule has 0 rings (SSSR count). The maximum atomic E-state index is 11.2. The number of unbranched alkanes of at least 4 members (excludes halogenated alkanes) is 1. The van der Waals surface area contributed by atoms with E-state index in [0.29, 0.717) is 6.61 Å². The molecule has 106 valence electrons. The van der Waals surface area contributed by atoms with Crippen molar-refractivity contribution < 1.29 is 24.7 Å². The number of nitro groups is 1. The van der Waals surface area contributed by atoms with Crippen LogP contribution in [0.2, 0.25) is 0 Å². The minimum atomic E-state index is -1.03. The number of rotatable bonds is 10. The lowest BCUT2D eigenvalue weighted by molar-refractivity contribution is -0.482. The molecule has 0 aromatic heterocycles. The molecule has 0 heterocycles. The molecule has 0 fully saturated rings. The van der Waals surface area contributed by atoms with E-state index in [9.17, 15) is 25.1 Å². The molecule has 0 radical (unpaired) electrons. The third-order valence-electron chi connectivity index (χ3n) is 2.35. The van der Waals surface area contributed by atoms with Gasteiger partial charge >= 0.3 is 5.97 Å². The average Bonchev–Trinajstić information content (AvgIpc) is 2.26. The van der Waals surface area contributed by atoms with Gasteiger partial charge in [-0.05, 0) is 6.42 Å². The van der Waals surface area contributed by atoms with Gasteiger partial charge in [0.1, 0.15) is 0 Å². The van der Waals surface area contributed by atoms with E-state index in [1.807, 2.05) is 6.92 Å². The summed E-state index contributed by atoms with van der Waals surface area (Å²) in [5.74, 6) is -0.516.